The molecule has 0 aromatic heterocycles. The van der Waals surface area contributed by atoms with E-state index in [1.165, 1.54) is 0 Å². The molecule has 0 atom stereocenters. The minimum absolute atomic E-state index is 0.0131. The summed E-state index contributed by atoms with van der Waals surface area (Å²) in [5.74, 6) is 0.691. The van der Waals surface area contributed by atoms with E-state index < -0.39 is 0 Å². The lowest BCUT2D eigenvalue weighted by atomic mass is 9.95. The lowest BCUT2D eigenvalue weighted by Crippen LogP contribution is -2.12. The summed E-state index contributed by atoms with van der Waals surface area (Å²) in [6.07, 6.45) is 0. The molecule has 4 aromatic carbocycles. The Hall–Kier alpha value is -3.13. The molecule has 0 spiro atoms. The highest BCUT2D eigenvalue weighted by atomic mass is 16.5. The van der Waals surface area contributed by atoms with Crippen LogP contribution in [0, 0.1) is 0 Å². The number of Topliss-reactive ketones (excluding diaryl/α,β-unsaturated/α-hetero) is 1. The molecule has 0 aliphatic rings. The molecule has 4 rings (SSSR count). The molecule has 0 unspecified atom stereocenters. The first-order valence-electron chi connectivity index (χ1n) is 7.94. The topological polar surface area (TPSA) is 26.3 Å². The Morgan fingerprint density at radius 2 is 1.33 bits per heavy atom. The molecule has 0 aliphatic carbocycles. The zero-order chi connectivity index (χ0) is 16.4. The molecular formula is C22H16O2. The summed E-state index contributed by atoms with van der Waals surface area (Å²) in [4.78, 5) is 12.8. The molecular weight excluding hydrogens is 296 g/mol. The molecule has 0 aliphatic heterocycles. The first-order valence-corrected chi connectivity index (χ1v) is 7.94. The second-order valence-corrected chi connectivity index (χ2v) is 5.72. The van der Waals surface area contributed by atoms with Crippen molar-refractivity contribution < 1.29 is 9.53 Å². The maximum atomic E-state index is 12.8. The molecule has 0 radical (unpaired) electrons. The minimum Gasteiger partial charge on any atom is -0.485 e. The van der Waals surface area contributed by atoms with Gasteiger partial charge in [-0.05, 0) is 39.7 Å². The Balaban J connectivity index is 1.76. The zero-order valence-electron chi connectivity index (χ0n) is 13.1. The third-order valence-electron chi connectivity index (χ3n) is 4.18. The number of hydrogen-bond acceptors (Lipinski definition) is 2. The molecule has 0 saturated carbocycles. The fourth-order valence-electron chi connectivity index (χ4n) is 3.03. The van der Waals surface area contributed by atoms with E-state index in [0.29, 0.717) is 11.3 Å². The molecule has 4 aromatic rings. The first kappa shape index (κ1) is 14.5. The second-order valence-electron chi connectivity index (χ2n) is 5.72. The van der Waals surface area contributed by atoms with Crippen LogP contribution in [0.3, 0.4) is 0 Å². The Morgan fingerprint density at radius 3 is 2.12 bits per heavy atom. The Kier molecular flexibility index (Phi) is 3.72. The monoisotopic (exact) mass is 312 g/mol. The van der Waals surface area contributed by atoms with Crippen LogP contribution in [-0.2, 0) is 0 Å². The third-order valence-corrected chi connectivity index (χ3v) is 4.18. The van der Waals surface area contributed by atoms with E-state index >= 15 is 0 Å². The predicted octanol–water partition coefficient (Wildman–Crippen LogP) is 5.25. The normalized spacial score (nSPS) is 10.8. The highest BCUT2D eigenvalue weighted by Crippen LogP contribution is 2.29. The molecule has 0 bridgehead atoms. The van der Waals surface area contributed by atoms with Crippen LogP contribution >= 0.6 is 0 Å². The number of ether oxygens (including phenoxy) is 1. The van der Waals surface area contributed by atoms with Crippen LogP contribution in [0.2, 0.25) is 0 Å². The first-order chi connectivity index (χ1) is 11.8. The molecule has 0 heterocycles. The van der Waals surface area contributed by atoms with Crippen LogP contribution in [-0.4, -0.2) is 12.4 Å². The van der Waals surface area contributed by atoms with Gasteiger partial charge in [0.2, 0.25) is 5.78 Å². The highest BCUT2D eigenvalue weighted by Gasteiger charge is 2.13. The lowest BCUT2D eigenvalue weighted by molar-refractivity contribution is 0.0923. The van der Waals surface area contributed by atoms with Gasteiger partial charge in [-0.15, -0.1) is 0 Å². The molecule has 116 valence electrons. The zero-order valence-corrected chi connectivity index (χ0v) is 13.1. The van der Waals surface area contributed by atoms with Gasteiger partial charge < -0.3 is 4.74 Å². The van der Waals surface area contributed by atoms with Crippen molar-refractivity contribution >= 4 is 27.3 Å². The van der Waals surface area contributed by atoms with E-state index in [0.717, 1.165) is 21.5 Å². The summed E-state index contributed by atoms with van der Waals surface area (Å²) in [7, 11) is 0. The summed E-state index contributed by atoms with van der Waals surface area (Å²) in [6, 6.07) is 27.6. The van der Waals surface area contributed by atoms with Crippen LogP contribution in [0.1, 0.15) is 10.4 Å². The van der Waals surface area contributed by atoms with Crippen molar-refractivity contribution in [3.63, 3.8) is 0 Å². The molecule has 24 heavy (non-hydrogen) atoms. The number of ketones is 1. The average molecular weight is 312 g/mol. The van der Waals surface area contributed by atoms with E-state index in [1.807, 2.05) is 72.8 Å². The van der Waals surface area contributed by atoms with Gasteiger partial charge in [0.25, 0.3) is 0 Å². The van der Waals surface area contributed by atoms with Gasteiger partial charge in [0.05, 0.1) is 0 Å². The summed E-state index contributed by atoms with van der Waals surface area (Å²) < 4.78 is 5.63. The van der Waals surface area contributed by atoms with E-state index in [-0.39, 0.29) is 12.4 Å². The number of rotatable bonds is 4. The Bertz CT molecular complexity index is 1020. The van der Waals surface area contributed by atoms with Gasteiger partial charge in [-0.1, -0.05) is 66.7 Å². The fourth-order valence-corrected chi connectivity index (χ4v) is 3.03. The predicted molar refractivity (Wildman–Crippen MR) is 97.7 cm³/mol. The maximum absolute atomic E-state index is 12.8. The molecule has 0 N–H and O–H groups in total. The quantitative estimate of drug-likeness (QED) is 0.380. The van der Waals surface area contributed by atoms with Gasteiger partial charge in [-0.25, -0.2) is 0 Å². The van der Waals surface area contributed by atoms with Crippen molar-refractivity contribution in [2.45, 2.75) is 0 Å². The van der Waals surface area contributed by atoms with E-state index in [9.17, 15) is 4.79 Å². The van der Waals surface area contributed by atoms with Crippen LogP contribution < -0.4 is 4.74 Å². The van der Waals surface area contributed by atoms with Crippen molar-refractivity contribution in [1.29, 1.82) is 0 Å². The number of benzene rings is 4. The van der Waals surface area contributed by atoms with E-state index in [4.69, 9.17) is 4.74 Å². The maximum Gasteiger partial charge on any atom is 0.200 e. The molecule has 2 nitrogen and oxygen atoms in total. The number of para-hydroxylation sites is 1. The van der Waals surface area contributed by atoms with Crippen molar-refractivity contribution in [1.82, 2.24) is 0 Å². The minimum atomic E-state index is -0.0131. The molecule has 0 fully saturated rings. The van der Waals surface area contributed by atoms with Crippen LogP contribution in [0.5, 0.6) is 5.75 Å². The number of carbonyl (C=O) groups excluding carboxylic acids is 1. The SMILES string of the molecule is O=C(COc1ccccc1)c1cc2ccccc2c2ccccc12. The van der Waals surface area contributed by atoms with Crippen LogP contribution in [0.25, 0.3) is 21.5 Å². The molecule has 2 heteroatoms. The van der Waals surface area contributed by atoms with Gasteiger partial charge in [0, 0.05) is 5.56 Å². The number of fused-ring (bicyclic) bond motifs is 3. The lowest BCUT2D eigenvalue weighted by Gasteiger charge is -2.10. The molecule has 0 amide bonds. The van der Waals surface area contributed by atoms with Gasteiger partial charge in [0.1, 0.15) is 5.75 Å². The smallest absolute Gasteiger partial charge is 0.200 e. The average Bonchev–Trinajstić information content (AvgIpc) is 2.66. The largest absolute Gasteiger partial charge is 0.485 e. The summed E-state index contributed by atoms with van der Waals surface area (Å²) >= 11 is 0. The Morgan fingerprint density at radius 1 is 0.708 bits per heavy atom. The summed E-state index contributed by atoms with van der Waals surface area (Å²) in [5, 5.41) is 4.30. The van der Waals surface area contributed by atoms with E-state index in [1.54, 1.807) is 0 Å². The second kappa shape index (κ2) is 6.17. The van der Waals surface area contributed by atoms with Crippen LogP contribution in [0.4, 0.5) is 0 Å². The summed E-state index contributed by atoms with van der Waals surface area (Å²) in [5.41, 5.74) is 0.709. The summed E-state index contributed by atoms with van der Waals surface area (Å²) in [6.45, 7) is 0.0341. The van der Waals surface area contributed by atoms with Crippen LogP contribution in [0.15, 0.2) is 84.9 Å². The van der Waals surface area contributed by atoms with E-state index in [2.05, 4.69) is 12.1 Å². The standard InChI is InChI=1S/C22H16O2/c23-22(15-24-17-9-2-1-3-10-17)21-14-16-8-4-5-11-18(16)19-12-6-7-13-20(19)21/h1-14H,15H2. The van der Waals surface area contributed by atoms with Crippen molar-refractivity contribution in [2.75, 3.05) is 6.61 Å². The number of hydrogen-bond donors (Lipinski definition) is 0. The third kappa shape index (κ3) is 2.63. The Labute approximate surface area is 140 Å². The van der Waals surface area contributed by atoms with Crippen molar-refractivity contribution in [3.05, 3.63) is 90.5 Å². The van der Waals surface area contributed by atoms with Crippen molar-refractivity contribution in [2.24, 2.45) is 0 Å². The van der Waals surface area contributed by atoms with Gasteiger partial charge in [-0.2, -0.15) is 0 Å². The highest BCUT2D eigenvalue weighted by molar-refractivity contribution is 6.17. The molecule has 0 saturated heterocycles. The van der Waals surface area contributed by atoms with Gasteiger partial charge in [-0.3, -0.25) is 4.79 Å². The van der Waals surface area contributed by atoms with Gasteiger partial charge in [0.15, 0.2) is 6.61 Å². The van der Waals surface area contributed by atoms with Crippen molar-refractivity contribution in [3.8, 4) is 5.75 Å². The van der Waals surface area contributed by atoms with Gasteiger partial charge >= 0.3 is 0 Å². The fraction of sp³-hybridized carbons (Fsp3) is 0.0455. The number of carbonyl (C=O) groups is 1.